The molecule has 1 aromatic carbocycles. The Labute approximate surface area is 186 Å². The minimum Gasteiger partial charge on any atom is -0.469 e. The van der Waals surface area contributed by atoms with Crippen LogP contribution < -0.4 is 0 Å². The van der Waals surface area contributed by atoms with Crippen molar-refractivity contribution in [1.29, 1.82) is 0 Å². The molecule has 0 radical (unpaired) electrons. The highest BCUT2D eigenvalue weighted by Crippen LogP contribution is 2.45. The predicted molar refractivity (Wildman–Crippen MR) is 122 cm³/mol. The second kappa shape index (κ2) is 13.1. The lowest BCUT2D eigenvalue weighted by atomic mass is 9.84. The van der Waals surface area contributed by atoms with Gasteiger partial charge in [0.2, 0.25) is 0 Å². The summed E-state index contributed by atoms with van der Waals surface area (Å²) in [7, 11) is 1.41. The second-order valence-electron chi connectivity index (χ2n) is 8.36. The van der Waals surface area contributed by atoms with Crippen LogP contribution in [0.2, 0.25) is 0 Å². The Morgan fingerprint density at radius 1 is 1.23 bits per heavy atom. The smallest absolute Gasteiger partial charge is 0.305 e. The maximum Gasteiger partial charge on any atom is 0.305 e. The lowest BCUT2D eigenvalue weighted by Crippen LogP contribution is -2.18. The number of benzene rings is 1. The number of rotatable bonds is 12. The summed E-state index contributed by atoms with van der Waals surface area (Å²) in [5, 5.41) is 20.9. The van der Waals surface area contributed by atoms with E-state index in [-0.39, 0.29) is 23.2 Å². The van der Waals surface area contributed by atoms with Gasteiger partial charge < -0.3 is 14.9 Å². The van der Waals surface area contributed by atoms with E-state index in [2.05, 4.69) is 23.8 Å². The van der Waals surface area contributed by atoms with Gasteiger partial charge in [0.1, 0.15) is 0 Å². The highest BCUT2D eigenvalue weighted by atomic mass is 35.5. The third-order valence-electron chi connectivity index (χ3n) is 6.15. The van der Waals surface area contributed by atoms with Crippen LogP contribution in [0.5, 0.6) is 0 Å². The number of esters is 1. The van der Waals surface area contributed by atoms with Crippen LogP contribution >= 0.6 is 11.6 Å². The van der Waals surface area contributed by atoms with E-state index in [1.54, 1.807) is 0 Å². The van der Waals surface area contributed by atoms with Gasteiger partial charge in [-0.2, -0.15) is 0 Å². The summed E-state index contributed by atoms with van der Waals surface area (Å²) in [5.41, 5.74) is 2.02. The molecule has 0 amide bonds. The zero-order chi connectivity index (χ0) is 21.9. The molecule has 5 atom stereocenters. The van der Waals surface area contributed by atoms with E-state index < -0.39 is 12.2 Å². The maximum absolute atomic E-state index is 11.2. The first-order chi connectivity index (χ1) is 14.5. The fourth-order valence-electron chi connectivity index (χ4n) is 4.36. The van der Waals surface area contributed by atoms with Crippen molar-refractivity contribution in [3.8, 4) is 0 Å². The van der Waals surface area contributed by atoms with Gasteiger partial charge in [0, 0.05) is 17.7 Å². The lowest BCUT2D eigenvalue weighted by Gasteiger charge is -2.23. The minimum absolute atomic E-state index is 0.00139. The average molecular weight is 437 g/mol. The first-order valence-corrected chi connectivity index (χ1v) is 11.7. The van der Waals surface area contributed by atoms with Crippen LogP contribution in [0, 0.1) is 5.92 Å². The first-order valence-electron chi connectivity index (χ1n) is 11.3. The molecule has 1 saturated carbocycles. The van der Waals surface area contributed by atoms with Crippen molar-refractivity contribution in [2.75, 3.05) is 7.11 Å². The predicted octanol–water partition coefficient (Wildman–Crippen LogP) is 5.66. The summed E-state index contributed by atoms with van der Waals surface area (Å²) in [6.45, 7) is 2.16. The van der Waals surface area contributed by atoms with E-state index in [0.717, 1.165) is 56.1 Å². The van der Waals surface area contributed by atoms with E-state index >= 15 is 0 Å². The molecule has 2 unspecified atom stereocenters. The van der Waals surface area contributed by atoms with E-state index in [0.29, 0.717) is 12.8 Å². The number of halogens is 1. The Morgan fingerprint density at radius 2 is 1.97 bits per heavy atom. The molecule has 0 bridgehead atoms. The molecule has 1 fully saturated rings. The Kier molecular flexibility index (Phi) is 10.9. The molecule has 0 aromatic heterocycles. The topological polar surface area (TPSA) is 66.8 Å². The van der Waals surface area contributed by atoms with Crippen molar-refractivity contribution in [2.24, 2.45) is 5.92 Å². The van der Waals surface area contributed by atoms with Gasteiger partial charge in [0.05, 0.1) is 19.3 Å². The van der Waals surface area contributed by atoms with Crippen molar-refractivity contribution < 1.29 is 19.7 Å². The number of methoxy groups -OCH3 is 1. The summed E-state index contributed by atoms with van der Waals surface area (Å²) >= 11 is 6.58. The fraction of sp³-hybridized carbons (Fsp3) is 0.640. The monoisotopic (exact) mass is 436 g/mol. The Morgan fingerprint density at radius 3 is 2.63 bits per heavy atom. The van der Waals surface area contributed by atoms with E-state index in [9.17, 15) is 15.0 Å². The molecule has 4 nitrogen and oxygen atoms in total. The molecule has 2 N–H and O–H groups in total. The number of aliphatic hydroxyl groups is 2. The van der Waals surface area contributed by atoms with Crippen LogP contribution in [0.25, 0.3) is 0 Å². The van der Waals surface area contributed by atoms with Crippen molar-refractivity contribution in [3.63, 3.8) is 0 Å². The van der Waals surface area contributed by atoms with Gasteiger partial charge in [0.15, 0.2) is 0 Å². The third-order valence-corrected chi connectivity index (χ3v) is 6.65. The zero-order valence-electron chi connectivity index (χ0n) is 18.3. The Bertz CT molecular complexity index is 658. The van der Waals surface area contributed by atoms with Crippen LogP contribution in [0.4, 0.5) is 0 Å². The SMILES string of the molecule is CCCCCC(O)c1ccc([C@@H]2C(CC=CCCCC(=O)OC)[C@H](Cl)C[C@H]2O)cc1. The first kappa shape index (κ1) is 24.9. The molecule has 0 saturated heterocycles. The average Bonchev–Trinajstić information content (AvgIpc) is 3.03. The minimum atomic E-state index is -0.453. The largest absolute Gasteiger partial charge is 0.469 e. The number of hydrogen-bond acceptors (Lipinski definition) is 4. The molecule has 1 aromatic rings. The van der Waals surface area contributed by atoms with Gasteiger partial charge in [-0.25, -0.2) is 0 Å². The number of hydrogen-bond donors (Lipinski definition) is 2. The second-order valence-corrected chi connectivity index (χ2v) is 8.92. The van der Waals surface area contributed by atoms with Crippen molar-refractivity contribution >= 4 is 17.6 Å². The highest BCUT2D eigenvalue weighted by Gasteiger charge is 2.41. The zero-order valence-corrected chi connectivity index (χ0v) is 19.1. The maximum atomic E-state index is 11.2. The number of alkyl halides is 1. The fourth-order valence-corrected chi connectivity index (χ4v) is 4.80. The molecule has 0 spiro atoms. The number of carbonyl (C=O) groups excluding carboxylic acids is 1. The third kappa shape index (κ3) is 7.40. The van der Waals surface area contributed by atoms with Crippen LogP contribution in [0.3, 0.4) is 0 Å². The van der Waals surface area contributed by atoms with Crippen molar-refractivity contribution in [2.45, 2.75) is 88.2 Å². The van der Waals surface area contributed by atoms with Crippen molar-refractivity contribution in [3.05, 3.63) is 47.5 Å². The summed E-state index contributed by atoms with van der Waals surface area (Å²) < 4.78 is 4.65. The molecule has 5 heteroatoms. The lowest BCUT2D eigenvalue weighted by molar-refractivity contribution is -0.140. The molecule has 30 heavy (non-hydrogen) atoms. The van der Waals surface area contributed by atoms with Crippen LogP contribution in [-0.2, 0) is 9.53 Å². The number of unbranched alkanes of at least 4 members (excludes halogenated alkanes) is 3. The van der Waals surface area contributed by atoms with Crippen LogP contribution in [0.1, 0.15) is 87.9 Å². The molecule has 168 valence electrons. The Balaban J connectivity index is 1.94. The molecule has 2 rings (SSSR count). The summed E-state index contributed by atoms with van der Waals surface area (Å²) in [4.78, 5) is 11.2. The van der Waals surface area contributed by atoms with Crippen LogP contribution in [0.15, 0.2) is 36.4 Å². The van der Waals surface area contributed by atoms with Gasteiger partial charge >= 0.3 is 5.97 Å². The van der Waals surface area contributed by atoms with Crippen LogP contribution in [-0.4, -0.2) is 34.8 Å². The standard InChI is InChI=1S/C25H37ClO4/c1-3-4-7-11-22(27)18-13-15-19(16-14-18)25-20(21(26)17-23(25)28)10-8-5-6-9-12-24(29)30-2/h5,8,13-16,20-23,25,27-28H,3-4,6-7,9-12,17H2,1-2H3/t20?,21-,22?,23-,25-/m1/s1. The van der Waals surface area contributed by atoms with Gasteiger partial charge in [-0.15, -0.1) is 11.6 Å². The molecule has 1 aliphatic rings. The molecule has 1 aliphatic carbocycles. The van der Waals surface area contributed by atoms with E-state index in [1.807, 2.05) is 24.3 Å². The molecular weight excluding hydrogens is 400 g/mol. The number of ether oxygens (including phenoxy) is 1. The van der Waals surface area contributed by atoms with E-state index in [4.69, 9.17) is 11.6 Å². The molecule has 0 heterocycles. The van der Waals surface area contributed by atoms with Gasteiger partial charge in [-0.3, -0.25) is 4.79 Å². The molecular formula is C25H37ClO4. The quantitative estimate of drug-likeness (QED) is 0.192. The summed E-state index contributed by atoms with van der Waals surface area (Å²) in [6.07, 6.45) is 10.8. The summed E-state index contributed by atoms with van der Waals surface area (Å²) in [6, 6.07) is 8.04. The molecule has 0 aliphatic heterocycles. The highest BCUT2D eigenvalue weighted by molar-refractivity contribution is 6.21. The van der Waals surface area contributed by atoms with Gasteiger partial charge in [-0.1, -0.05) is 62.6 Å². The number of aliphatic hydroxyl groups excluding tert-OH is 2. The van der Waals surface area contributed by atoms with Gasteiger partial charge in [-0.05, 0) is 49.1 Å². The van der Waals surface area contributed by atoms with E-state index in [1.165, 1.54) is 7.11 Å². The van der Waals surface area contributed by atoms with Crippen molar-refractivity contribution in [1.82, 2.24) is 0 Å². The Hall–Kier alpha value is -1.36. The number of carbonyl (C=O) groups is 1. The number of allylic oxidation sites excluding steroid dienone is 2. The summed E-state index contributed by atoms with van der Waals surface area (Å²) in [5.74, 6) is -0.0144. The van der Waals surface area contributed by atoms with Gasteiger partial charge in [0.25, 0.3) is 0 Å². The normalized spacial score (nSPS) is 25.0.